The second-order valence-electron chi connectivity index (χ2n) is 6.59. The van der Waals surface area contributed by atoms with E-state index < -0.39 is 21.7 Å². The van der Waals surface area contributed by atoms with Crippen molar-refractivity contribution in [3.63, 3.8) is 0 Å². The number of hydrogen-bond donors (Lipinski definition) is 0. The van der Waals surface area contributed by atoms with E-state index in [1.54, 1.807) is 31.4 Å². The minimum Gasteiger partial charge on any atom is -0.457 e. The van der Waals surface area contributed by atoms with Gasteiger partial charge in [0, 0.05) is 18.6 Å². The molecule has 0 aliphatic carbocycles. The van der Waals surface area contributed by atoms with Crippen LogP contribution < -0.4 is 8.92 Å². The number of benzene rings is 3. The summed E-state index contributed by atoms with van der Waals surface area (Å²) < 4.78 is 57.0. The zero-order valence-corrected chi connectivity index (χ0v) is 18.9. The van der Waals surface area contributed by atoms with Crippen LogP contribution in [0.5, 0.6) is 17.2 Å². The Bertz CT molecular complexity index is 1140. The molecule has 0 heterocycles. The van der Waals surface area contributed by atoms with Gasteiger partial charge >= 0.3 is 21.7 Å². The maximum absolute atomic E-state index is 12.0. The van der Waals surface area contributed by atoms with Crippen molar-refractivity contribution in [2.45, 2.75) is 26.4 Å². The minimum atomic E-state index is -3.60. The van der Waals surface area contributed by atoms with Crippen LogP contribution in [-0.4, -0.2) is 29.7 Å². The third kappa shape index (κ3) is 7.78. The van der Waals surface area contributed by atoms with Crippen LogP contribution in [0.25, 0.3) is 10.8 Å². The Morgan fingerprint density at radius 3 is 2.35 bits per heavy atom. The smallest absolute Gasteiger partial charge is 0.335 e. The van der Waals surface area contributed by atoms with Gasteiger partial charge in [0.1, 0.15) is 17.2 Å². The van der Waals surface area contributed by atoms with E-state index in [9.17, 15) is 8.42 Å². The third-order valence-corrected chi connectivity index (χ3v) is 5.46. The molecule has 0 saturated carbocycles. The van der Waals surface area contributed by atoms with Gasteiger partial charge in [-0.3, -0.25) is 0 Å². The lowest BCUT2D eigenvalue weighted by Gasteiger charge is -2.12. The highest BCUT2D eigenvalue weighted by atomic mass is 32.2. The number of ether oxygens (including phenoxy) is 2. The van der Waals surface area contributed by atoms with Crippen molar-refractivity contribution in [2.24, 2.45) is 0 Å². The molecule has 0 bridgehead atoms. The SMILES string of the molecule is CCCCS(=O)(=O)Oc1cccc(Oc2cccc3cc(COC)ccc23)c1.O=S=O. The maximum Gasteiger partial charge on any atom is 0.335 e. The molecule has 0 fully saturated rings. The Hall–Kier alpha value is -2.75. The van der Waals surface area contributed by atoms with Crippen LogP contribution in [-0.2, 0) is 33.0 Å². The lowest BCUT2D eigenvalue weighted by molar-refractivity contribution is 0.185. The molecule has 0 aromatic heterocycles. The van der Waals surface area contributed by atoms with Crippen LogP contribution in [0.15, 0.2) is 60.7 Å². The maximum atomic E-state index is 12.0. The van der Waals surface area contributed by atoms with Crippen molar-refractivity contribution in [2.75, 3.05) is 12.9 Å². The van der Waals surface area contributed by atoms with E-state index in [1.165, 1.54) is 0 Å². The van der Waals surface area contributed by atoms with Gasteiger partial charge in [-0.25, -0.2) is 0 Å². The molecule has 0 aliphatic rings. The summed E-state index contributed by atoms with van der Waals surface area (Å²) in [5, 5.41) is 2.01. The molecule has 31 heavy (non-hydrogen) atoms. The van der Waals surface area contributed by atoms with Crippen molar-refractivity contribution in [3.05, 3.63) is 66.2 Å². The average molecular weight is 465 g/mol. The molecular weight excluding hydrogens is 440 g/mol. The van der Waals surface area contributed by atoms with Gasteiger partial charge in [-0.1, -0.05) is 43.7 Å². The molecule has 0 N–H and O–H groups in total. The Morgan fingerprint density at radius 2 is 1.65 bits per heavy atom. The van der Waals surface area contributed by atoms with Gasteiger partial charge in [-0.15, -0.1) is 0 Å². The fourth-order valence-corrected chi connectivity index (χ4v) is 4.00. The summed E-state index contributed by atoms with van der Waals surface area (Å²) in [5.74, 6) is 1.45. The van der Waals surface area contributed by atoms with Gasteiger partial charge in [0.15, 0.2) is 0 Å². The summed E-state index contributed by atoms with van der Waals surface area (Å²) in [6.07, 6.45) is 1.36. The number of rotatable bonds is 9. The van der Waals surface area contributed by atoms with Gasteiger partial charge in [0.25, 0.3) is 0 Å². The summed E-state index contributed by atoms with van der Waals surface area (Å²) in [6, 6.07) is 18.5. The van der Waals surface area contributed by atoms with E-state index >= 15 is 0 Å². The number of methoxy groups -OCH3 is 1. The van der Waals surface area contributed by atoms with Crippen molar-refractivity contribution in [1.29, 1.82) is 0 Å². The lowest BCUT2D eigenvalue weighted by atomic mass is 10.1. The molecule has 0 spiro atoms. The zero-order chi connectivity index (χ0) is 22.7. The second-order valence-corrected chi connectivity index (χ2v) is 8.41. The highest BCUT2D eigenvalue weighted by Gasteiger charge is 2.13. The van der Waals surface area contributed by atoms with E-state index in [2.05, 4.69) is 6.07 Å². The normalized spacial score (nSPS) is 10.8. The van der Waals surface area contributed by atoms with Crippen molar-refractivity contribution >= 4 is 32.5 Å². The molecule has 7 nitrogen and oxygen atoms in total. The number of fused-ring (bicyclic) bond motifs is 1. The quantitative estimate of drug-likeness (QED) is 0.426. The van der Waals surface area contributed by atoms with Crippen LogP contribution in [0, 0.1) is 0 Å². The monoisotopic (exact) mass is 464 g/mol. The molecule has 0 saturated heterocycles. The first-order valence-corrected chi connectivity index (χ1v) is 11.8. The van der Waals surface area contributed by atoms with Gasteiger partial charge in [-0.05, 0) is 41.6 Å². The highest BCUT2D eigenvalue weighted by Crippen LogP contribution is 2.32. The Labute approximate surface area is 185 Å². The van der Waals surface area contributed by atoms with E-state index in [1.807, 2.05) is 37.3 Å². The minimum absolute atomic E-state index is 0.00170. The molecule has 9 heteroatoms. The molecule has 0 radical (unpaired) electrons. The van der Waals surface area contributed by atoms with E-state index in [0.29, 0.717) is 24.5 Å². The molecular formula is C22H24O7S2. The Kier molecular flexibility index (Phi) is 9.64. The first kappa shape index (κ1) is 24.5. The fraction of sp³-hybridized carbons (Fsp3) is 0.273. The summed E-state index contributed by atoms with van der Waals surface area (Å²) in [4.78, 5) is 0. The largest absolute Gasteiger partial charge is 0.457 e. The molecule has 3 aromatic rings. The molecule has 0 unspecified atom stereocenters. The van der Waals surface area contributed by atoms with Crippen LogP contribution in [0.4, 0.5) is 0 Å². The summed E-state index contributed by atoms with van der Waals surface area (Å²) in [6.45, 7) is 2.49. The summed E-state index contributed by atoms with van der Waals surface area (Å²) in [7, 11) is -1.93. The van der Waals surface area contributed by atoms with Crippen molar-refractivity contribution in [1.82, 2.24) is 0 Å². The first-order chi connectivity index (χ1) is 14.9. The Morgan fingerprint density at radius 1 is 0.935 bits per heavy atom. The molecule has 0 atom stereocenters. The van der Waals surface area contributed by atoms with Gasteiger partial charge in [-0.2, -0.15) is 16.8 Å². The van der Waals surface area contributed by atoms with Gasteiger partial charge < -0.3 is 13.7 Å². The number of hydrogen-bond acceptors (Lipinski definition) is 7. The fourth-order valence-electron chi connectivity index (χ4n) is 2.87. The predicted molar refractivity (Wildman–Crippen MR) is 119 cm³/mol. The third-order valence-electron chi connectivity index (χ3n) is 4.22. The van der Waals surface area contributed by atoms with Crippen molar-refractivity contribution < 1.29 is 30.5 Å². The highest BCUT2D eigenvalue weighted by molar-refractivity contribution is 7.87. The van der Waals surface area contributed by atoms with Crippen LogP contribution >= 0.6 is 0 Å². The lowest BCUT2D eigenvalue weighted by Crippen LogP contribution is -2.13. The summed E-state index contributed by atoms with van der Waals surface area (Å²) in [5.41, 5.74) is 1.08. The van der Waals surface area contributed by atoms with E-state index in [4.69, 9.17) is 22.1 Å². The standard InChI is InChI=1S/C22H24O5S.O2S/c1-3-4-13-28(23,24)27-20-9-6-8-19(15-20)26-22-10-5-7-18-14-17(16-25-2)11-12-21(18)22;1-3-2/h5-12,14-15H,3-4,13,16H2,1-2H3;. The molecule has 3 aromatic carbocycles. The predicted octanol–water partition coefficient (Wildman–Crippen LogP) is 4.62. The Balaban J connectivity index is 0.00000107. The van der Waals surface area contributed by atoms with Gasteiger partial charge in [0.2, 0.25) is 0 Å². The van der Waals surface area contributed by atoms with Crippen LogP contribution in [0.2, 0.25) is 0 Å². The van der Waals surface area contributed by atoms with Crippen LogP contribution in [0.3, 0.4) is 0 Å². The van der Waals surface area contributed by atoms with Gasteiger partial charge in [0.05, 0.1) is 12.4 Å². The number of unbranched alkanes of at least 4 members (excludes halogenated alkanes) is 1. The topological polar surface area (TPSA) is 96.0 Å². The van der Waals surface area contributed by atoms with Crippen molar-refractivity contribution in [3.8, 4) is 17.2 Å². The first-order valence-electron chi connectivity index (χ1n) is 9.55. The zero-order valence-electron chi connectivity index (χ0n) is 17.3. The van der Waals surface area contributed by atoms with E-state index in [0.717, 1.165) is 22.8 Å². The second kappa shape index (κ2) is 12.2. The molecule has 3 rings (SSSR count). The average Bonchev–Trinajstić information content (AvgIpc) is 2.73. The summed E-state index contributed by atoms with van der Waals surface area (Å²) >= 11 is -0.750. The molecule has 0 amide bonds. The van der Waals surface area contributed by atoms with E-state index in [-0.39, 0.29) is 11.5 Å². The van der Waals surface area contributed by atoms with Crippen LogP contribution in [0.1, 0.15) is 25.3 Å². The molecule has 0 aliphatic heterocycles. The molecule has 166 valence electrons.